The summed E-state index contributed by atoms with van der Waals surface area (Å²) in [6, 6.07) is 29.5. The van der Waals surface area contributed by atoms with Gasteiger partial charge in [0.05, 0.1) is 10.9 Å². The summed E-state index contributed by atoms with van der Waals surface area (Å²) in [5.41, 5.74) is 3.09. The van der Waals surface area contributed by atoms with Crippen molar-refractivity contribution < 1.29 is 9.15 Å². The van der Waals surface area contributed by atoms with Crippen LogP contribution in [-0.2, 0) is 6.61 Å². The van der Waals surface area contributed by atoms with E-state index in [0.717, 1.165) is 11.1 Å². The normalized spacial score (nSPS) is 11.1. The standard InChI is InChI=1S/C27H20O3/c1-18-26(20-9-3-2-4-10-20)27(28)24-15-14-22(16-25(24)30-18)29-17-21-12-7-11-19-8-5-6-13-23(19)21/h2-16H,17H2,1H3. The van der Waals surface area contributed by atoms with Gasteiger partial charge >= 0.3 is 0 Å². The van der Waals surface area contributed by atoms with E-state index < -0.39 is 0 Å². The third kappa shape index (κ3) is 3.25. The minimum absolute atomic E-state index is 0.0273. The minimum Gasteiger partial charge on any atom is -0.489 e. The van der Waals surface area contributed by atoms with Crippen LogP contribution in [0.4, 0.5) is 0 Å². The molecule has 0 aliphatic rings. The molecule has 5 aromatic rings. The van der Waals surface area contributed by atoms with Gasteiger partial charge in [-0.25, -0.2) is 0 Å². The van der Waals surface area contributed by atoms with E-state index in [2.05, 4.69) is 24.3 Å². The maximum absolute atomic E-state index is 13.1. The Morgan fingerprint density at radius 1 is 0.800 bits per heavy atom. The van der Waals surface area contributed by atoms with Gasteiger partial charge in [0, 0.05) is 6.07 Å². The fourth-order valence-electron chi connectivity index (χ4n) is 3.89. The predicted octanol–water partition coefficient (Wildman–Crippen LogP) is 6.50. The van der Waals surface area contributed by atoms with E-state index in [9.17, 15) is 4.79 Å². The van der Waals surface area contributed by atoms with E-state index in [1.807, 2.05) is 61.5 Å². The first kappa shape index (κ1) is 18.2. The van der Waals surface area contributed by atoms with Crippen LogP contribution in [0.3, 0.4) is 0 Å². The molecule has 4 aromatic carbocycles. The monoisotopic (exact) mass is 392 g/mol. The number of hydrogen-bond acceptors (Lipinski definition) is 3. The Kier molecular flexibility index (Phi) is 4.56. The maximum atomic E-state index is 13.1. The Morgan fingerprint density at radius 2 is 1.57 bits per heavy atom. The SMILES string of the molecule is Cc1oc2cc(OCc3cccc4ccccc34)ccc2c(=O)c1-c1ccccc1. The summed E-state index contributed by atoms with van der Waals surface area (Å²) in [4.78, 5) is 13.1. The molecule has 0 unspecified atom stereocenters. The van der Waals surface area contributed by atoms with Crippen LogP contribution in [0.5, 0.6) is 5.75 Å². The highest BCUT2D eigenvalue weighted by molar-refractivity contribution is 5.86. The van der Waals surface area contributed by atoms with Crippen LogP contribution < -0.4 is 10.2 Å². The Bertz CT molecular complexity index is 1410. The Morgan fingerprint density at radius 3 is 2.43 bits per heavy atom. The van der Waals surface area contributed by atoms with Crippen molar-refractivity contribution in [3.8, 4) is 16.9 Å². The molecule has 0 amide bonds. The summed E-state index contributed by atoms with van der Waals surface area (Å²) in [7, 11) is 0. The molecule has 30 heavy (non-hydrogen) atoms. The van der Waals surface area contributed by atoms with E-state index in [4.69, 9.17) is 9.15 Å². The number of benzene rings is 4. The average Bonchev–Trinajstić information content (AvgIpc) is 2.78. The molecule has 1 heterocycles. The summed E-state index contributed by atoms with van der Waals surface area (Å²) in [5, 5.41) is 2.92. The Balaban J connectivity index is 1.49. The molecule has 0 spiro atoms. The number of rotatable bonds is 4. The molecule has 3 heteroatoms. The number of fused-ring (bicyclic) bond motifs is 2. The first-order valence-corrected chi connectivity index (χ1v) is 9.93. The highest BCUT2D eigenvalue weighted by atomic mass is 16.5. The van der Waals surface area contributed by atoms with Gasteiger partial charge in [0.2, 0.25) is 5.43 Å². The lowest BCUT2D eigenvalue weighted by atomic mass is 10.0. The van der Waals surface area contributed by atoms with Crippen molar-refractivity contribution in [1.29, 1.82) is 0 Å². The van der Waals surface area contributed by atoms with Crippen molar-refractivity contribution in [2.24, 2.45) is 0 Å². The van der Waals surface area contributed by atoms with E-state index in [1.54, 1.807) is 12.1 Å². The second kappa shape index (κ2) is 7.53. The molecule has 1 aromatic heterocycles. The molecule has 0 saturated carbocycles. The lowest BCUT2D eigenvalue weighted by Crippen LogP contribution is -2.07. The lowest BCUT2D eigenvalue weighted by molar-refractivity contribution is 0.307. The van der Waals surface area contributed by atoms with E-state index >= 15 is 0 Å². The quantitative estimate of drug-likeness (QED) is 0.350. The Hall–Kier alpha value is -3.85. The Labute approximate surface area is 174 Å². The molecule has 0 radical (unpaired) electrons. The number of hydrogen-bond donors (Lipinski definition) is 0. The highest BCUT2D eigenvalue weighted by Gasteiger charge is 2.14. The third-order valence-electron chi connectivity index (χ3n) is 5.38. The molecule has 0 N–H and O–H groups in total. The molecule has 0 aliphatic heterocycles. The minimum atomic E-state index is -0.0273. The number of ether oxygens (including phenoxy) is 1. The first-order chi connectivity index (χ1) is 14.7. The molecular formula is C27H20O3. The van der Waals surface area contributed by atoms with Crippen molar-refractivity contribution in [2.75, 3.05) is 0 Å². The van der Waals surface area contributed by atoms with E-state index in [1.165, 1.54) is 10.8 Å². The second-order valence-corrected chi connectivity index (χ2v) is 7.31. The highest BCUT2D eigenvalue weighted by Crippen LogP contribution is 2.27. The van der Waals surface area contributed by atoms with Gasteiger partial charge in [0.25, 0.3) is 0 Å². The van der Waals surface area contributed by atoms with Crippen LogP contribution in [0.15, 0.2) is 100 Å². The zero-order valence-corrected chi connectivity index (χ0v) is 16.6. The maximum Gasteiger partial charge on any atom is 0.200 e. The van der Waals surface area contributed by atoms with Crippen LogP contribution in [0.2, 0.25) is 0 Å². The summed E-state index contributed by atoms with van der Waals surface area (Å²) in [6.07, 6.45) is 0. The summed E-state index contributed by atoms with van der Waals surface area (Å²) < 4.78 is 12.1. The van der Waals surface area contributed by atoms with Crippen molar-refractivity contribution in [3.63, 3.8) is 0 Å². The molecule has 0 bridgehead atoms. The van der Waals surface area contributed by atoms with E-state index in [0.29, 0.717) is 34.6 Å². The zero-order chi connectivity index (χ0) is 20.5. The van der Waals surface area contributed by atoms with Crippen molar-refractivity contribution >= 4 is 21.7 Å². The molecular weight excluding hydrogens is 372 g/mol. The molecule has 3 nitrogen and oxygen atoms in total. The van der Waals surface area contributed by atoms with Crippen molar-refractivity contribution in [2.45, 2.75) is 13.5 Å². The van der Waals surface area contributed by atoms with Crippen LogP contribution in [0, 0.1) is 6.92 Å². The zero-order valence-electron chi connectivity index (χ0n) is 16.6. The second-order valence-electron chi connectivity index (χ2n) is 7.31. The fourth-order valence-corrected chi connectivity index (χ4v) is 3.89. The molecule has 0 aliphatic carbocycles. The van der Waals surface area contributed by atoms with Gasteiger partial charge < -0.3 is 9.15 Å². The van der Waals surface area contributed by atoms with Gasteiger partial charge in [-0.1, -0.05) is 72.8 Å². The van der Waals surface area contributed by atoms with Gasteiger partial charge in [-0.05, 0) is 41.0 Å². The van der Waals surface area contributed by atoms with Gasteiger partial charge in [0.1, 0.15) is 23.7 Å². The molecule has 5 rings (SSSR count). The molecule has 0 saturated heterocycles. The average molecular weight is 392 g/mol. The predicted molar refractivity (Wildman–Crippen MR) is 121 cm³/mol. The third-order valence-corrected chi connectivity index (χ3v) is 5.38. The van der Waals surface area contributed by atoms with Gasteiger partial charge in [-0.2, -0.15) is 0 Å². The van der Waals surface area contributed by atoms with Crippen LogP contribution in [0.1, 0.15) is 11.3 Å². The smallest absolute Gasteiger partial charge is 0.200 e. The summed E-state index contributed by atoms with van der Waals surface area (Å²) >= 11 is 0. The topological polar surface area (TPSA) is 39.4 Å². The first-order valence-electron chi connectivity index (χ1n) is 9.93. The fraction of sp³-hybridized carbons (Fsp3) is 0.0741. The largest absolute Gasteiger partial charge is 0.489 e. The van der Waals surface area contributed by atoms with Gasteiger partial charge in [0.15, 0.2) is 0 Å². The van der Waals surface area contributed by atoms with Crippen molar-refractivity contribution in [3.05, 3.63) is 113 Å². The van der Waals surface area contributed by atoms with E-state index in [-0.39, 0.29) is 5.43 Å². The molecule has 0 fully saturated rings. The summed E-state index contributed by atoms with van der Waals surface area (Å²) in [6.45, 7) is 2.27. The number of aryl methyl sites for hydroxylation is 1. The lowest BCUT2D eigenvalue weighted by Gasteiger charge is -2.11. The summed E-state index contributed by atoms with van der Waals surface area (Å²) in [5.74, 6) is 1.27. The van der Waals surface area contributed by atoms with Crippen molar-refractivity contribution in [1.82, 2.24) is 0 Å². The van der Waals surface area contributed by atoms with Gasteiger partial charge in [-0.3, -0.25) is 4.79 Å². The van der Waals surface area contributed by atoms with Gasteiger partial charge in [-0.15, -0.1) is 0 Å². The van der Waals surface area contributed by atoms with Crippen LogP contribution in [-0.4, -0.2) is 0 Å². The molecule has 0 atom stereocenters. The van der Waals surface area contributed by atoms with Crippen LogP contribution >= 0.6 is 0 Å². The van der Waals surface area contributed by atoms with Crippen LogP contribution in [0.25, 0.3) is 32.9 Å². The molecule has 146 valence electrons.